The van der Waals surface area contributed by atoms with Crippen LogP contribution in [0.15, 0.2) is 41.2 Å². The van der Waals surface area contributed by atoms with Crippen molar-refractivity contribution < 1.29 is 9.26 Å². The minimum absolute atomic E-state index is 0.652. The Kier molecular flexibility index (Phi) is 4.30. The molecule has 17 heavy (non-hydrogen) atoms. The van der Waals surface area contributed by atoms with E-state index < -0.39 is 0 Å². The van der Waals surface area contributed by atoms with Crippen molar-refractivity contribution in [2.45, 2.75) is 19.7 Å². The summed E-state index contributed by atoms with van der Waals surface area (Å²) in [7, 11) is 1.71. The fourth-order valence-electron chi connectivity index (χ4n) is 1.66. The van der Waals surface area contributed by atoms with E-state index in [4.69, 9.17) is 9.26 Å². The van der Waals surface area contributed by atoms with Gasteiger partial charge in [-0.3, -0.25) is 0 Å². The van der Waals surface area contributed by atoms with Gasteiger partial charge in [0.2, 0.25) is 0 Å². The third-order valence-electron chi connectivity index (χ3n) is 2.44. The SMILES string of the molecule is COCc1cccc(CNCc2cnoc2)c1. The fourth-order valence-corrected chi connectivity index (χ4v) is 1.66. The van der Waals surface area contributed by atoms with Gasteiger partial charge in [-0.05, 0) is 11.1 Å². The van der Waals surface area contributed by atoms with Crippen LogP contribution in [0.2, 0.25) is 0 Å². The van der Waals surface area contributed by atoms with Gasteiger partial charge in [-0.2, -0.15) is 0 Å². The summed E-state index contributed by atoms with van der Waals surface area (Å²) < 4.78 is 9.87. The Labute approximate surface area is 101 Å². The predicted molar refractivity (Wildman–Crippen MR) is 64.2 cm³/mol. The summed E-state index contributed by atoms with van der Waals surface area (Å²) >= 11 is 0. The first-order valence-corrected chi connectivity index (χ1v) is 5.54. The Morgan fingerprint density at radius 2 is 2.06 bits per heavy atom. The van der Waals surface area contributed by atoms with E-state index in [2.05, 4.69) is 28.7 Å². The fraction of sp³-hybridized carbons (Fsp3) is 0.308. The minimum Gasteiger partial charge on any atom is -0.380 e. The maximum Gasteiger partial charge on any atom is 0.128 e. The molecule has 0 unspecified atom stereocenters. The van der Waals surface area contributed by atoms with E-state index >= 15 is 0 Å². The second-order valence-electron chi connectivity index (χ2n) is 3.89. The Bertz CT molecular complexity index is 440. The van der Waals surface area contributed by atoms with Crippen molar-refractivity contribution in [1.29, 1.82) is 0 Å². The van der Waals surface area contributed by atoms with Crippen molar-refractivity contribution in [3.05, 3.63) is 53.4 Å². The standard InChI is InChI=1S/C13H16N2O2/c1-16-9-12-4-2-3-11(5-12)6-14-7-13-8-15-17-10-13/h2-5,8,10,14H,6-7,9H2,1H3. The summed E-state index contributed by atoms with van der Waals surface area (Å²) in [6.07, 6.45) is 3.36. The zero-order valence-corrected chi connectivity index (χ0v) is 9.85. The van der Waals surface area contributed by atoms with Crippen LogP contribution < -0.4 is 5.32 Å². The normalized spacial score (nSPS) is 10.6. The first-order chi connectivity index (χ1) is 8.38. The molecule has 90 valence electrons. The molecule has 0 amide bonds. The highest BCUT2D eigenvalue weighted by atomic mass is 16.5. The lowest BCUT2D eigenvalue weighted by molar-refractivity contribution is 0.185. The van der Waals surface area contributed by atoms with Gasteiger partial charge in [0, 0.05) is 25.8 Å². The van der Waals surface area contributed by atoms with Crippen LogP contribution in [-0.2, 0) is 24.4 Å². The second-order valence-corrected chi connectivity index (χ2v) is 3.89. The summed E-state index contributed by atoms with van der Waals surface area (Å²) in [5.74, 6) is 0. The van der Waals surface area contributed by atoms with Crippen LogP contribution >= 0.6 is 0 Å². The molecule has 4 heteroatoms. The van der Waals surface area contributed by atoms with Crippen LogP contribution in [0, 0.1) is 0 Å². The van der Waals surface area contributed by atoms with E-state index in [1.54, 1.807) is 19.6 Å². The molecule has 2 aromatic rings. The third kappa shape index (κ3) is 3.69. The molecule has 0 spiro atoms. The number of nitrogens with zero attached hydrogens (tertiary/aromatic N) is 1. The molecule has 0 saturated carbocycles. The van der Waals surface area contributed by atoms with Gasteiger partial charge in [0.05, 0.1) is 12.8 Å². The molecule has 0 saturated heterocycles. The molecule has 0 aliphatic carbocycles. The average Bonchev–Trinajstić information content (AvgIpc) is 2.83. The highest BCUT2D eigenvalue weighted by molar-refractivity contribution is 5.22. The first kappa shape index (κ1) is 11.8. The maximum atomic E-state index is 5.11. The van der Waals surface area contributed by atoms with E-state index in [9.17, 15) is 0 Å². The van der Waals surface area contributed by atoms with Crippen LogP contribution in [0.25, 0.3) is 0 Å². The zero-order chi connectivity index (χ0) is 11.9. The molecule has 1 heterocycles. The maximum absolute atomic E-state index is 5.11. The van der Waals surface area contributed by atoms with E-state index in [-0.39, 0.29) is 0 Å². The molecule has 1 aromatic heterocycles. The number of ether oxygens (including phenoxy) is 1. The molecule has 0 fully saturated rings. The smallest absolute Gasteiger partial charge is 0.128 e. The van der Waals surface area contributed by atoms with E-state index in [0.29, 0.717) is 6.61 Å². The number of methoxy groups -OCH3 is 1. The quantitative estimate of drug-likeness (QED) is 0.828. The summed E-state index contributed by atoms with van der Waals surface area (Å²) in [5, 5.41) is 6.99. The highest BCUT2D eigenvalue weighted by Gasteiger charge is 1.98. The van der Waals surface area contributed by atoms with Gasteiger partial charge in [-0.1, -0.05) is 29.4 Å². The van der Waals surface area contributed by atoms with Crippen LogP contribution in [0.4, 0.5) is 0 Å². The van der Waals surface area contributed by atoms with Gasteiger partial charge in [0.25, 0.3) is 0 Å². The third-order valence-corrected chi connectivity index (χ3v) is 2.44. The van der Waals surface area contributed by atoms with Crippen LogP contribution in [0.5, 0.6) is 0 Å². The van der Waals surface area contributed by atoms with Crippen molar-refractivity contribution in [3.8, 4) is 0 Å². The molecular weight excluding hydrogens is 216 g/mol. The Morgan fingerprint density at radius 3 is 2.82 bits per heavy atom. The topological polar surface area (TPSA) is 47.3 Å². The molecular formula is C13H16N2O2. The zero-order valence-electron chi connectivity index (χ0n) is 9.85. The van der Waals surface area contributed by atoms with Gasteiger partial charge in [-0.25, -0.2) is 0 Å². The summed E-state index contributed by atoms with van der Waals surface area (Å²) in [6.45, 7) is 2.24. The van der Waals surface area contributed by atoms with E-state index in [0.717, 1.165) is 18.7 Å². The van der Waals surface area contributed by atoms with Gasteiger partial charge in [-0.15, -0.1) is 0 Å². The molecule has 0 aliphatic rings. The number of aromatic nitrogens is 1. The lowest BCUT2D eigenvalue weighted by atomic mass is 10.1. The predicted octanol–water partition coefficient (Wildman–Crippen LogP) is 2.11. The molecule has 0 atom stereocenters. The number of benzene rings is 1. The monoisotopic (exact) mass is 232 g/mol. The largest absolute Gasteiger partial charge is 0.380 e. The van der Waals surface area contributed by atoms with Crippen LogP contribution in [0.1, 0.15) is 16.7 Å². The molecule has 1 aromatic carbocycles. The average molecular weight is 232 g/mol. The van der Waals surface area contributed by atoms with Crippen molar-refractivity contribution in [3.63, 3.8) is 0 Å². The summed E-state index contributed by atoms with van der Waals surface area (Å²) in [6, 6.07) is 8.35. The van der Waals surface area contributed by atoms with Crippen molar-refractivity contribution >= 4 is 0 Å². The molecule has 0 radical (unpaired) electrons. The molecule has 0 bridgehead atoms. The number of hydrogen-bond donors (Lipinski definition) is 1. The minimum atomic E-state index is 0.652. The van der Waals surface area contributed by atoms with Gasteiger partial charge in [0.1, 0.15) is 6.26 Å². The van der Waals surface area contributed by atoms with Crippen molar-refractivity contribution in [1.82, 2.24) is 10.5 Å². The van der Waals surface area contributed by atoms with Crippen molar-refractivity contribution in [2.75, 3.05) is 7.11 Å². The highest BCUT2D eigenvalue weighted by Crippen LogP contribution is 2.06. The van der Waals surface area contributed by atoms with E-state index in [1.807, 2.05) is 6.07 Å². The van der Waals surface area contributed by atoms with Gasteiger partial charge in [0.15, 0.2) is 0 Å². The first-order valence-electron chi connectivity index (χ1n) is 5.54. The van der Waals surface area contributed by atoms with E-state index in [1.165, 1.54) is 11.1 Å². The number of nitrogens with one attached hydrogen (secondary N) is 1. The molecule has 0 aliphatic heterocycles. The Balaban J connectivity index is 1.84. The molecule has 4 nitrogen and oxygen atoms in total. The molecule has 2 rings (SSSR count). The Hall–Kier alpha value is -1.65. The van der Waals surface area contributed by atoms with Gasteiger partial charge >= 0.3 is 0 Å². The van der Waals surface area contributed by atoms with Gasteiger partial charge < -0.3 is 14.6 Å². The number of rotatable bonds is 6. The summed E-state index contributed by atoms with van der Waals surface area (Å²) in [5.41, 5.74) is 3.49. The van der Waals surface area contributed by atoms with Crippen molar-refractivity contribution in [2.24, 2.45) is 0 Å². The molecule has 1 N–H and O–H groups in total. The summed E-state index contributed by atoms with van der Waals surface area (Å²) in [4.78, 5) is 0. The lowest BCUT2D eigenvalue weighted by Gasteiger charge is -2.05. The Morgan fingerprint density at radius 1 is 1.24 bits per heavy atom. The van der Waals surface area contributed by atoms with Crippen LogP contribution in [0.3, 0.4) is 0 Å². The second kappa shape index (κ2) is 6.18. The lowest BCUT2D eigenvalue weighted by Crippen LogP contribution is -2.12. The van der Waals surface area contributed by atoms with Crippen LogP contribution in [-0.4, -0.2) is 12.3 Å². The number of hydrogen-bond acceptors (Lipinski definition) is 4.